The molecule has 0 radical (unpaired) electrons. The monoisotopic (exact) mass is 273 g/mol. The number of rotatable bonds is 6. The van der Waals surface area contributed by atoms with E-state index in [1.165, 1.54) is 0 Å². The molecule has 18 heavy (non-hydrogen) atoms. The highest BCUT2D eigenvalue weighted by Gasteiger charge is 2.23. The van der Waals surface area contributed by atoms with Gasteiger partial charge in [-0.25, -0.2) is 0 Å². The third-order valence-corrected chi connectivity index (χ3v) is 3.52. The molecule has 0 saturated carbocycles. The number of nitrogens with two attached hydrogens (primary N) is 1. The van der Waals surface area contributed by atoms with Crippen LogP contribution in [-0.2, 0) is 16.0 Å². The van der Waals surface area contributed by atoms with Crippen molar-refractivity contribution in [1.29, 1.82) is 0 Å². The molecule has 5 nitrogen and oxygen atoms in total. The van der Waals surface area contributed by atoms with Crippen LogP contribution in [0, 0.1) is 0 Å². The highest BCUT2D eigenvalue weighted by Crippen LogP contribution is 2.27. The lowest BCUT2D eigenvalue weighted by atomic mass is 10.0. The van der Waals surface area contributed by atoms with E-state index in [2.05, 4.69) is 5.10 Å². The van der Waals surface area contributed by atoms with Gasteiger partial charge in [-0.2, -0.15) is 5.10 Å². The summed E-state index contributed by atoms with van der Waals surface area (Å²) in [5.41, 5.74) is 7.11. The van der Waals surface area contributed by atoms with Gasteiger partial charge in [-0.3, -0.25) is 4.68 Å². The molecular weight excluding hydrogens is 254 g/mol. The summed E-state index contributed by atoms with van der Waals surface area (Å²) < 4.78 is 12.5. The summed E-state index contributed by atoms with van der Waals surface area (Å²) in [7, 11) is 1.66. The Bertz CT molecular complexity index is 377. The number of nitrogens with zero attached hydrogens (tertiary/aromatic N) is 2. The van der Waals surface area contributed by atoms with E-state index >= 15 is 0 Å². The predicted molar refractivity (Wildman–Crippen MR) is 69.6 cm³/mol. The Morgan fingerprint density at radius 1 is 1.72 bits per heavy atom. The molecule has 2 atom stereocenters. The molecule has 0 bridgehead atoms. The van der Waals surface area contributed by atoms with Crippen LogP contribution in [0.2, 0.25) is 5.02 Å². The highest BCUT2D eigenvalue weighted by molar-refractivity contribution is 6.31. The van der Waals surface area contributed by atoms with E-state index in [4.69, 9.17) is 26.8 Å². The third kappa shape index (κ3) is 3.23. The fourth-order valence-corrected chi connectivity index (χ4v) is 2.60. The van der Waals surface area contributed by atoms with Crippen molar-refractivity contribution in [3.8, 4) is 0 Å². The quantitative estimate of drug-likeness (QED) is 0.858. The number of methoxy groups -OCH3 is 1. The van der Waals surface area contributed by atoms with E-state index in [0.717, 1.165) is 31.6 Å². The Morgan fingerprint density at radius 3 is 3.22 bits per heavy atom. The van der Waals surface area contributed by atoms with Gasteiger partial charge in [-0.1, -0.05) is 11.6 Å². The lowest BCUT2D eigenvalue weighted by Crippen LogP contribution is -2.22. The maximum atomic E-state index is 6.23. The van der Waals surface area contributed by atoms with Crippen LogP contribution in [0.4, 0.5) is 0 Å². The number of hydrogen-bond acceptors (Lipinski definition) is 4. The van der Waals surface area contributed by atoms with Gasteiger partial charge in [0.25, 0.3) is 0 Å². The summed E-state index contributed by atoms with van der Waals surface area (Å²) >= 11 is 6.16. The molecule has 6 heteroatoms. The van der Waals surface area contributed by atoms with Crippen molar-refractivity contribution in [2.45, 2.75) is 38.0 Å². The minimum atomic E-state index is -0.139. The summed E-state index contributed by atoms with van der Waals surface area (Å²) in [4.78, 5) is 0. The van der Waals surface area contributed by atoms with Gasteiger partial charge in [0.15, 0.2) is 0 Å². The van der Waals surface area contributed by atoms with E-state index < -0.39 is 0 Å². The normalized spacial score (nSPS) is 21.4. The van der Waals surface area contributed by atoms with Crippen molar-refractivity contribution in [2.24, 2.45) is 5.73 Å². The molecule has 1 aliphatic rings. The average molecular weight is 274 g/mol. The van der Waals surface area contributed by atoms with Gasteiger partial charge in [0.05, 0.1) is 42.2 Å². The molecule has 102 valence electrons. The Balaban J connectivity index is 2.02. The Hall–Kier alpha value is -0.620. The first kappa shape index (κ1) is 13.8. The fourth-order valence-electron chi connectivity index (χ4n) is 2.32. The van der Waals surface area contributed by atoms with Crippen molar-refractivity contribution in [3.05, 3.63) is 16.9 Å². The summed E-state index contributed by atoms with van der Waals surface area (Å²) in [5.74, 6) is 0. The first-order valence-electron chi connectivity index (χ1n) is 6.29. The SMILES string of the molecule is COCCn1ncc(Cl)c1C(N)CC1CCCO1. The molecule has 0 spiro atoms. The summed E-state index contributed by atoms with van der Waals surface area (Å²) in [5, 5.41) is 4.85. The van der Waals surface area contributed by atoms with Crippen LogP contribution in [0.5, 0.6) is 0 Å². The minimum Gasteiger partial charge on any atom is -0.383 e. The van der Waals surface area contributed by atoms with Crippen LogP contribution in [-0.4, -0.2) is 36.2 Å². The van der Waals surface area contributed by atoms with Crippen LogP contribution in [0.3, 0.4) is 0 Å². The molecule has 0 aliphatic carbocycles. The molecule has 1 saturated heterocycles. The van der Waals surface area contributed by atoms with Gasteiger partial charge in [-0.05, 0) is 19.3 Å². The average Bonchev–Trinajstić information content (AvgIpc) is 2.96. The van der Waals surface area contributed by atoms with Crippen molar-refractivity contribution in [1.82, 2.24) is 9.78 Å². The number of aromatic nitrogens is 2. The second-order valence-corrected chi connectivity index (χ2v) is 4.98. The molecular formula is C12H20ClN3O2. The predicted octanol–water partition coefficient (Wildman–Crippen LogP) is 1.75. The van der Waals surface area contributed by atoms with Crippen molar-refractivity contribution >= 4 is 11.6 Å². The summed E-state index contributed by atoms with van der Waals surface area (Å²) in [6.07, 6.45) is 4.88. The molecule has 1 fully saturated rings. The van der Waals surface area contributed by atoms with Crippen LogP contribution < -0.4 is 5.73 Å². The zero-order chi connectivity index (χ0) is 13.0. The Kier molecular flexibility index (Phi) is 5.00. The third-order valence-electron chi connectivity index (χ3n) is 3.23. The van der Waals surface area contributed by atoms with Gasteiger partial charge in [0.1, 0.15) is 0 Å². The van der Waals surface area contributed by atoms with Gasteiger partial charge in [0.2, 0.25) is 0 Å². The van der Waals surface area contributed by atoms with E-state index in [0.29, 0.717) is 18.2 Å². The zero-order valence-electron chi connectivity index (χ0n) is 10.6. The summed E-state index contributed by atoms with van der Waals surface area (Å²) in [6.45, 7) is 2.10. The summed E-state index contributed by atoms with van der Waals surface area (Å²) in [6, 6.07) is -0.139. The second-order valence-electron chi connectivity index (χ2n) is 4.57. The van der Waals surface area contributed by atoms with Crippen molar-refractivity contribution in [3.63, 3.8) is 0 Å². The molecule has 1 aromatic rings. The molecule has 0 aromatic carbocycles. The first-order chi connectivity index (χ1) is 8.72. The molecule has 2 rings (SSSR count). The van der Waals surface area contributed by atoms with Crippen LogP contribution in [0.15, 0.2) is 6.20 Å². The Labute approximate surface area is 112 Å². The van der Waals surface area contributed by atoms with E-state index in [-0.39, 0.29) is 12.1 Å². The molecule has 1 aliphatic heterocycles. The number of halogens is 1. The molecule has 0 amide bonds. The van der Waals surface area contributed by atoms with Crippen molar-refractivity contribution < 1.29 is 9.47 Å². The second kappa shape index (κ2) is 6.52. The first-order valence-corrected chi connectivity index (χ1v) is 6.67. The van der Waals surface area contributed by atoms with E-state index in [1.807, 2.05) is 4.68 Å². The lowest BCUT2D eigenvalue weighted by molar-refractivity contribution is 0.0973. The highest BCUT2D eigenvalue weighted by atomic mass is 35.5. The largest absolute Gasteiger partial charge is 0.383 e. The van der Waals surface area contributed by atoms with Crippen LogP contribution >= 0.6 is 11.6 Å². The Morgan fingerprint density at radius 2 is 2.56 bits per heavy atom. The zero-order valence-corrected chi connectivity index (χ0v) is 11.4. The molecule has 2 unspecified atom stereocenters. The lowest BCUT2D eigenvalue weighted by Gasteiger charge is -2.18. The standard InChI is InChI=1S/C12H20ClN3O2/c1-17-6-4-16-12(10(13)8-15-16)11(14)7-9-3-2-5-18-9/h8-9,11H,2-7,14H2,1H3. The van der Waals surface area contributed by atoms with Crippen LogP contribution in [0.25, 0.3) is 0 Å². The van der Waals surface area contributed by atoms with Gasteiger partial charge >= 0.3 is 0 Å². The van der Waals surface area contributed by atoms with Gasteiger partial charge < -0.3 is 15.2 Å². The van der Waals surface area contributed by atoms with Crippen molar-refractivity contribution in [2.75, 3.05) is 20.3 Å². The fraction of sp³-hybridized carbons (Fsp3) is 0.750. The van der Waals surface area contributed by atoms with E-state index in [1.54, 1.807) is 13.3 Å². The number of hydrogen-bond donors (Lipinski definition) is 1. The molecule has 1 aromatic heterocycles. The van der Waals surface area contributed by atoms with Gasteiger partial charge in [-0.15, -0.1) is 0 Å². The van der Waals surface area contributed by atoms with E-state index in [9.17, 15) is 0 Å². The topological polar surface area (TPSA) is 62.3 Å². The number of ether oxygens (including phenoxy) is 2. The molecule has 2 heterocycles. The maximum Gasteiger partial charge on any atom is 0.0834 e. The van der Waals surface area contributed by atoms with Crippen LogP contribution in [0.1, 0.15) is 31.0 Å². The molecule has 2 N–H and O–H groups in total. The smallest absolute Gasteiger partial charge is 0.0834 e. The minimum absolute atomic E-state index is 0.139. The maximum absolute atomic E-state index is 6.23. The van der Waals surface area contributed by atoms with Gasteiger partial charge in [0, 0.05) is 13.7 Å².